The van der Waals surface area contributed by atoms with Crippen molar-refractivity contribution >= 4 is 5.91 Å². The van der Waals surface area contributed by atoms with Gasteiger partial charge in [0.25, 0.3) is 5.91 Å². The van der Waals surface area contributed by atoms with E-state index in [-0.39, 0.29) is 11.3 Å². The van der Waals surface area contributed by atoms with Crippen molar-refractivity contribution in [3.05, 3.63) is 17.0 Å². The monoisotopic (exact) mass is 250 g/mol. The molecular weight excluding hydrogens is 228 g/mol. The van der Waals surface area contributed by atoms with E-state index >= 15 is 0 Å². The number of rotatable bonds is 1. The van der Waals surface area contributed by atoms with Crippen LogP contribution in [0.5, 0.6) is 0 Å². The molecule has 1 fully saturated rings. The van der Waals surface area contributed by atoms with Gasteiger partial charge in [0, 0.05) is 18.5 Å². The standard InChI is InChI=1S/C14H22N2O2/c1-10-11(12(15-18-10)14(2,3)4)13(17)16-8-6-5-7-9-16/h5-9H2,1-4H3. The Morgan fingerprint density at radius 2 is 1.83 bits per heavy atom. The van der Waals surface area contributed by atoms with Crippen LogP contribution in [0.2, 0.25) is 0 Å². The molecular formula is C14H22N2O2. The molecule has 0 spiro atoms. The van der Waals surface area contributed by atoms with E-state index < -0.39 is 0 Å². The SMILES string of the molecule is Cc1onc(C(C)(C)C)c1C(=O)N1CCCCC1. The Bertz CT molecular complexity index is 437. The fourth-order valence-corrected chi connectivity index (χ4v) is 2.39. The summed E-state index contributed by atoms with van der Waals surface area (Å²) < 4.78 is 5.24. The Kier molecular flexibility index (Phi) is 3.46. The zero-order valence-electron chi connectivity index (χ0n) is 11.7. The number of amides is 1. The van der Waals surface area contributed by atoms with Crippen LogP contribution in [0.25, 0.3) is 0 Å². The van der Waals surface area contributed by atoms with Gasteiger partial charge in [0.1, 0.15) is 17.0 Å². The summed E-state index contributed by atoms with van der Waals surface area (Å²) in [7, 11) is 0. The third-order valence-corrected chi connectivity index (χ3v) is 3.43. The van der Waals surface area contributed by atoms with Crippen LogP contribution in [-0.2, 0) is 5.41 Å². The molecule has 0 N–H and O–H groups in total. The van der Waals surface area contributed by atoms with Gasteiger partial charge in [-0.3, -0.25) is 4.79 Å². The number of hydrogen-bond donors (Lipinski definition) is 0. The molecule has 0 aromatic carbocycles. The van der Waals surface area contributed by atoms with E-state index in [0.717, 1.165) is 31.6 Å². The summed E-state index contributed by atoms with van der Waals surface area (Å²) in [6.45, 7) is 9.69. The maximum Gasteiger partial charge on any atom is 0.259 e. The van der Waals surface area contributed by atoms with Crippen molar-refractivity contribution in [3.63, 3.8) is 0 Å². The van der Waals surface area contributed by atoms with Gasteiger partial charge in [0.2, 0.25) is 0 Å². The van der Waals surface area contributed by atoms with E-state index in [2.05, 4.69) is 25.9 Å². The minimum atomic E-state index is -0.168. The van der Waals surface area contributed by atoms with Crippen LogP contribution in [0.3, 0.4) is 0 Å². The number of carbonyl (C=O) groups excluding carboxylic acids is 1. The lowest BCUT2D eigenvalue weighted by atomic mass is 9.88. The number of piperidine rings is 1. The lowest BCUT2D eigenvalue weighted by molar-refractivity contribution is 0.0720. The second-order valence-electron chi connectivity index (χ2n) is 6.07. The summed E-state index contributed by atoms with van der Waals surface area (Å²) in [6.07, 6.45) is 3.42. The third kappa shape index (κ3) is 2.42. The highest BCUT2D eigenvalue weighted by Crippen LogP contribution is 2.28. The van der Waals surface area contributed by atoms with Gasteiger partial charge in [-0.05, 0) is 26.2 Å². The van der Waals surface area contributed by atoms with Gasteiger partial charge in [-0.1, -0.05) is 25.9 Å². The average molecular weight is 250 g/mol. The van der Waals surface area contributed by atoms with Gasteiger partial charge in [-0.15, -0.1) is 0 Å². The van der Waals surface area contributed by atoms with E-state index in [0.29, 0.717) is 11.3 Å². The molecule has 1 amide bonds. The topological polar surface area (TPSA) is 46.3 Å². The molecule has 0 bridgehead atoms. The zero-order valence-corrected chi connectivity index (χ0v) is 11.7. The zero-order chi connectivity index (χ0) is 13.3. The van der Waals surface area contributed by atoms with Crippen molar-refractivity contribution in [1.29, 1.82) is 0 Å². The van der Waals surface area contributed by atoms with E-state index in [1.165, 1.54) is 6.42 Å². The Labute approximate surface area is 108 Å². The van der Waals surface area contributed by atoms with Crippen molar-refractivity contribution in [2.24, 2.45) is 0 Å². The van der Waals surface area contributed by atoms with E-state index in [9.17, 15) is 4.79 Å². The fourth-order valence-electron chi connectivity index (χ4n) is 2.39. The largest absolute Gasteiger partial charge is 0.361 e. The van der Waals surface area contributed by atoms with Crippen LogP contribution in [0.4, 0.5) is 0 Å². The van der Waals surface area contributed by atoms with Crippen molar-refractivity contribution in [2.45, 2.75) is 52.4 Å². The van der Waals surface area contributed by atoms with Crippen LogP contribution < -0.4 is 0 Å². The second-order valence-corrected chi connectivity index (χ2v) is 6.07. The number of carbonyl (C=O) groups is 1. The molecule has 4 nitrogen and oxygen atoms in total. The number of hydrogen-bond acceptors (Lipinski definition) is 3. The van der Waals surface area contributed by atoms with Gasteiger partial charge in [0.15, 0.2) is 0 Å². The quantitative estimate of drug-likeness (QED) is 0.770. The Morgan fingerprint density at radius 1 is 1.22 bits per heavy atom. The number of aromatic nitrogens is 1. The highest BCUT2D eigenvalue weighted by Gasteiger charge is 2.31. The molecule has 1 aliphatic rings. The Balaban J connectivity index is 2.32. The van der Waals surface area contributed by atoms with Gasteiger partial charge in [0.05, 0.1) is 0 Å². The minimum absolute atomic E-state index is 0.0818. The van der Waals surface area contributed by atoms with Crippen LogP contribution in [-0.4, -0.2) is 29.1 Å². The molecule has 2 heterocycles. The highest BCUT2D eigenvalue weighted by molar-refractivity contribution is 5.96. The predicted molar refractivity (Wildman–Crippen MR) is 69.7 cm³/mol. The first-order valence-electron chi connectivity index (χ1n) is 6.67. The van der Waals surface area contributed by atoms with Crippen molar-refractivity contribution < 1.29 is 9.32 Å². The molecule has 0 aliphatic carbocycles. The van der Waals surface area contributed by atoms with Crippen molar-refractivity contribution in [3.8, 4) is 0 Å². The summed E-state index contributed by atoms with van der Waals surface area (Å²) >= 11 is 0. The lowest BCUT2D eigenvalue weighted by Gasteiger charge is -2.27. The van der Waals surface area contributed by atoms with Crippen LogP contribution in [0.15, 0.2) is 4.52 Å². The molecule has 0 atom stereocenters. The first kappa shape index (κ1) is 13.1. The Hall–Kier alpha value is -1.32. The molecule has 4 heteroatoms. The van der Waals surface area contributed by atoms with E-state index in [4.69, 9.17) is 4.52 Å². The highest BCUT2D eigenvalue weighted by atomic mass is 16.5. The maximum absolute atomic E-state index is 12.6. The molecule has 18 heavy (non-hydrogen) atoms. The summed E-state index contributed by atoms with van der Waals surface area (Å²) in [6, 6.07) is 0. The average Bonchev–Trinajstić information content (AvgIpc) is 2.71. The number of nitrogens with zero attached hydrogens (tertiary/aromatic N) is 2. The third-order valence-electron chi connectivity index (χ3n) is 3.43. The molecule has 100 valence electrons. The summed E-state index contributed by atoms with van der Waals surface area (Å²) in [5, 5.41) is 4.08. The lowest BCUT2D eigenvalue weighted by Crippen LogP contribution is -2.37. The van der Waals surface area contributed by atoms with Gasteiger partial charge in [-0.2, -0.15) is 0 Å². The summed E-state index contributed by atoms with van der Waals surface area (Å²) in [5.74, 6) is 0.717. The first-order chi connectivity index (χ1) is 8.41. The van der Waals surface area contributed by atoms with E-state index in [1.54, 1.807) is 0 Å². The fraction of sp³-hybridized carbons (Fsp3) is 0.714. The molecule has 1 aliphatic heterocycles. The van der Waals surface area contributed by atoms with Gasteiger partial charge < -0.3 is 9.42 Å². The van der Waals surface area contributed by atoms with Crippen molar-refractivity contribution in [2.75, 3.05) is 13.1 Å². The maximum atomic E-state index is 12.6. The molecule has 0 saturated carbocycles. The molecule has 0 radical (unpaired) electrons. The molecule has 1 saturated heterocycles. The van der Waals surface area contributed by atoms with Crippen LogP contribution >= 0.6 is 0 Å². The Morgan fingerprint density at radius 3 is 2.39 bits per heavy atom. The molecule has 0 unspecified atom stereocenters. The normalized spacial score (nSPS) is 17.0. The number of likely N-dealkylation sites (tertiary alicyclic amines) is 1. The predicted octanol–water partition coefficient (Wildman–Crippen LogP) is 2.91. The number of aryl methyl sites for hydroxylation is 1. The smallest absolute Gasteiger partial charge is 0.259 e. The molecule has 2 rings (SSSR count). The first-order valence-corrected chi connectivity index (χ1v) is 6.67. The van der Waals surface area contributed by atoms with Crippen LogP contribution in [0, 0.1) is 6.92 Å². The summed E-state index contributed by atoms with van der Waals surface area (Å²) in [5.41, 5.74) is 1.28. The van der Waals surface area contributed by atoms with E-state index in [1.807, 2.05) is 11.8 Å². The minimum Gasteiger partial charge on any atom is -0.361 e. The van der Waals surface area contributed by atoms with Gasteiger partial charge in [-0.25, -0.2) is 0 Å². The van der Waals surface area contributed by atoms with Crippen LogP contribution in [0.1, 0.15) is 61.8 Å². The van der Waals surface area contributed by atoms with Crippen molar-refractivity contribution in [1.82, 2.24) is 10.1 Å². The second kappa shape index (κ2) is 4.75. The molecule has 1 aromatic heterocycles. The van der Waals surface area contributed by atoms with Gasteiger partial charge >= 0.3 is 0 Å². The molecule has 1 aromatic rings. The summed E-state index contributed by atoms with van der Waals surface area (Å²) in [4.78, 5) is 14.5.